The second kappa shape index (κ2) is 7.69. The molecule has 0 spiro atoms. The molecule has 0 fully saturated rings. The van der Waals surface area contributed by atoms with E-state index in [0.717, 1.165) is 16.7 Å². The van der Waals surface area contributed by atoms with E-state index in [2.05, 4.69) is 34.2 Å². The van der Waals surface area contributed by atoms with E-state index in [-0.39, 0.29) is 12.0 Å². The fourth-order valence-electron chi connectivity index (χ4n) is 3.81. The number of aliphatic imine (C=N–C) groups is 1. The number of benzene rings is 3. The van der Waals surface area contributed by atoms with E-state index in [4.69, 9.17) is 4.74 Å². The molecule has 0 N–H and O–H groups in total. The number of carbonyl (C=O) groups is 1. The summed E-state index contributed by atoms with van der Waals surface area (Å²) in [6.07, 6.45) is 1.79. The van der Waals surface area contributed by atoms with E-state index in [1.165, 1.54) is 7.11 Å². The fraction of sp³-hybridized carbons (Fsp3) is 0.167. The second-order valence-electron chi connectivity index (χ2n) is 6.86. The molecule has 0 aliphatic carbocycles. The summed E-state index contributed by atoms with van der Waals surface area (Å²) >= 11 is 0. The molecule has 0 amide bonds. The molecule has 1 unspecified atom stereocenters. The topological polar surface area (TPSA) is 41.9 Å². The molecule has 1 aliphatic rings. The SMILES string of the molecule is COC(=O)C1(c2ccccc2)CN(C(c2ccccc2)c2ccccc2)C=N1. The average molecular weight is 370 g/mol. The van der Waals surface area contributed by atoms with Crippen molar-refractivity contribution in [3.63, 3.8) is 0 Å². The lowest BCUT2D eigenvalue weighted by molar-refractivity contribution is -0.147. The van der Waals surface area contributed by atoms with Crippen molar-refractivity contribution < 1.29 is 9.53 Å². The lowest BCUT2D eigenvalue weighted by Crippen LogP contribution is -2.41. The van der Waals surface area contributed by atoms with Crippen LogP contribution in [0, 0.1) is 0 Å². The van der Waals surface area contributed by atoms with Gasteiger partial charge < -0.3 is 9.64 Å². The van der Waals surface area contributed by atoms with Crippen molar-refractivity contribution >= 4 is 12.3 Å². The Labute approximate surface area is 165 Å². The van der Waals surface area contributed by atoms with Crippen molar-refractivity contribution in [2.45, 2.75) is 11.6 Å². The van der Waals surface area contributed by atoms with E-state index >= 15 is 0 Å². The van der Waals surface area contributed by atoms with Crippen LogP contribution in [0.4, 0.5) is 0 Å². The van der Waals surface area contributed by atoms with Crippen LogP contribution >= 0.6 is 0 Å². The third-order valence-corrected chi connectivity index (χ3v) is 5.17. The molecule has 4 rings (SSSR count). The number of hydrogen-bond acceptors (Lipinski definition) is 4. The molecular weight excluding hydrogens is 348 g/mol. The van der Waals surface area contributed by atoms with Crippen LogP contribution in [0.2, 0.25) is 0 Å². The highest BCUT2D eigenvalue weighted by molar-refractivity contribution is 5.87. The van der Waals surface area contributed by atoms with Gasteiger partial charge in [-0.05, 0) is 16.7 Å². The maximum atomic E-state index is 12.8. The Morgan fingerprint density at radius 2 is 1.39 bits per heavy atom. The van der Waals surface area contributed by atoms with Gasteiger partial charge in [0, 0.05) is 0 Å². The van der Waals surface area contributed by atoms with Crippen LogP contribution in [0.15, 0.2) is 96.0 Å². The van der Waals surface area contributed by atoms with Gasteiger partial charge in [0.05, 0.1) is 26.0 Å². The number of esters is 1. The van der Waals surface area contributed by atoms with Gasteiger partial charge in [0.2, 0.25) is 5.54 Å². The summed E-state index contributed by atoms with van der Waals surface area (Å²) in [6.45, 7) is 0.415. The first kappa shape index (κ1) is 18.0. The minimum Gasteiger partial charge on any atom is -0.467 e. The van der Waals surface area contributed by atoms with Crippen LogP contribution < -0.4 is 0 Å². The summed E-state index contributed by atoms with van der Waals surface area (Å²) in [4.78, 5) is 19.6. The number of ether oxygens (including phenoxy) is 1. The van der Waals surface area contributed by atoms with Gasteiger partial charge in [0.15, 0.2) is 0 Å². The highest BCUT2D eigenvalue weighted by Gasteiger charge is 2.47. The first-order valence-corrected chi connectivity index (χ1v) is 9.29. The predicted octanol–water partition coefficient (Wildman–Crippen LogP) is 4.19. The molecule has 4 heteroatoms. The molecule has 4 nitrogen and oxygen atoms in total. The summed E-state index contributed by atoms with van der Waals surface area (Å²) in [7, 11) is 1.41. The standard InChI is InChI=1S/C24H22N2O2/c1-28-23(27)24(21-15-9-4-10-16-21)17-26(18-25-24)22(19-11-5-2-6-12-19)20-13-7-3-8-14-20/h2-16,18,22H,17H2,1H3. The normalized spacial score (nSPS) is 18.4. The third-order valence-electron chi connectivity index (χ3n) is 5.17. The highest BCUT2D eigenvalue weighted by atomic mass is 16.5. The Morgan fingerprint density at radius 3 is 1.89 bits per heavy atom. The largest absolute Gasteiger partial charge is 0.467 e. The molecular formula is C24H22N2O2. The minimum atomic E-state index is -1.06. The van der Waals surface area contributed by atoms with Crippen molar-refractivity contribution in [1.29, 1.82) is 0 Å². The van der Waals surface area contributed by atoms with Gasteiger partial charge in [-0.25, -0.2) is 4.79 Å². The molecule has 0 aromatic heterocycles. The molecule has 0 saturated heterocycles. The van der Waals surface area contributed by atoms with Gasteiger partial charge in [-0.3, -0.25) is 4.99 Å². The molecule has 0 radical (unpaired) electrons. The lowest BCUT2D eigenvalue weighted by atomic mass is 9.89. The summed E-state index contributed by atoms with van der Waals surface area (Å²) in [5, 5.41) is 0. The zero-order valence-corrected chi connectivity index (χ0v) is 15.7. The van der Waals surface area contributed by atoms with Crippen molar-refractivity contribution in [1.82, 2.24) is 4.90 Å². The number of carbonyl (C=O) groups excluding carboxylic acids is 1. The lowest BCUT2D eigenvalue weighted by Gasteiger charge is -2.31. The van der Waals surface area contributed by atoms with E-state index in [0.29, 0.717) is 6.54 Å². The third kappa shape index (κ3) is 3.18. The van der Waals surface area contributed by atoms with Gasteiger partial charge in [0.25, 0.3) is 0 Å². The smallest absolute Gasteiger partial charge is 0.340 e. The Hall–Kier alpha value is -3.40. The quantitative estimate of drug-likeness (QED) is 0.633. The molecule has 0 saturated carbocycles. The van der Waals surface area contributed by atoms with Crippen LogP contribution in [-0.4, -0.2) is 30.9 Å². The first-order valence-electron chi connectivity index (χ1n) is 9.29. The van der Waals surface area contributed by atoms with Gasteiger partial charge >= 0.3 is 5.97 Å². The van der Waals surface area contributed by atoms with Crippen molar-refractivity contribution in [2.75, 3.05) is 13.7 Å². The minimum absolute atomic E-state index is 0.0404. The van der Waals surface area contributed by atoms with Gasteiger partial charge in [0.1, 0.15) is 0 Å². The summed E-state index contributed by atoms with van der Waals surface area (Å²) < 4.78 is 5.15. The predicted molar refractivity (Wildman–Crippen MR) is 110 cm³/mol. The van der Waals surface area contributed by atoms with E-state index in [9.17, 15) is 4.79 Å². The Balaban J connectivity index is 1.76. The summed E-state index contributed by atoms with van der Waals surface area (Å²) in [6, 6.07) is 30.1. The van der Waals surface area contributed by atoms with E-state index in [1.807, 2.05) is 66.7 Å². The van der Waals surface area contributed by atoms with Gasteiger partial charge in [-0.1, -0.05) is 91.0 Å². The molecule has 3 aromatic carbocycles. The van der Waals surface area contributed by atoms with Gasteiger partial charge in [-0.15, -0.1) is 0 Å². The fourth-order valence-corrected chi connectivity index (χ4v) is 3.81. The van der Waals surface area contributed by atoms with Crippen molar-refractivity contribution in [3.05, 3.63) is 108 Å². The summed E-state index contributed by atoms with van der Waals surface area (Å²) in [5.41, 5.74) is 2.07. The van der Waals surface area contributed by atoms with E-state index < -0.39 is 5.54 Å². The average Bonchev–Trinajstić information content (AvgIpc) is 3.22. The van der Waals surface area contributed by atoms with Gasteiger partial charge in [-0.2, -0.15) is 0 Å². The van der Waals surface area contributed by atoms with Crippen LogP contribution in [0.1, 0.15) is 22.7 Å². The van der Waals surface area contributed by atoms with E-state index in [1.54, 1.807) is 6.34 Å². The van der Waals surface area contributed by atoms with Crippen LogP contribution in [-0.2, 0) is 15.1 Å². The zero-order chi connectivity index (χ0) is 19.4. The first-order chi connectivity index (χ1) is 13.7. The number of hydrogen-bond donors (Lipinski definition) is 0. The van der Waals surface area contributed by atoms with Crippen LogP contribution in [0.3, 0.4) is 0 Å². The molecule has 1 atom stereocenters. The molecule has 140 valence electrons. The molecule has 28 heavy (non-hydrogen) atoms. The molecule has 1 aliphatic heterocycles. The van der Waals surface area contributed by atoms with Crippen LogP contribution in [0.25, 0.3) is 0 Å². The Morgan fingerprint density at radius 1 is 0.893 bits per heavy atom. The second-order valence-corrected chi connectivity index (χ2v) is 6.86. The van der Waals surface area contributed by atoms with Crippen LogP contribution in [0.5, 0.6) is 0 Å². The van der Waals surface area contributed by atoms with Crippen molar-refractivity contribution in [2.24, 2.45) is 4.99 Å². The maximum absolute atomic E-state index is 12.8. The Bertz CT molecular complexity index is 918. The number of methoxy groups -OCH3 is 1. The number of nitrogens with zero attached hydrogens (tertiary/aromatic N) is 2. The maximum Gasteiger partial charge on any atom is 0.340 e. The summed E-state index contributed by atoms with van der Waals surface area (Å²) in [5.74, 6) is -0.350. The Kier molecular flexibility index (Phi) is 4.94. The number of rotatable bonds is 5. The molecule has 3 aromatic rings. The monoisotopic (exact) mass is 370 g/mol. The molecule has 1 heterocycles. The zero-order valence-electron chi connectivity index (χ0n) is 15.7. The molecule has 0 bridgehead atoms. The highest BCUT2D eigenvalue weighted by Crippen LogP contribution is 2.37. The van der Waals surface area contributed by atoms with Crippen molar-refractivity contribution in [3.8, 4) is 0 Å².